The van der Waals surface area contributed by atoms with Gasteiger partial charge in [-0.1, -0.05) is 117 Å². The van der Waals surface area contributed by atoms with E-state index in [0.717, 1.165) is 62.5 Å². The molecule has 3 aliphatic heterocycles. The molecule has 5 aliphatic carbocycles. The molecule has 4 unspecified atom stereocenters. The number of allylic oxidation sites excluding steroid dienone is 15. The molecule has 0 saturated heterocycles. The lowest BCUT2D eigenvalue weighted by atomic mass is 9.70. The van der Waals surface area contributed by atoms with Gasteiger partial charge in [0.2, 0.25) is 0 Å². The molecule has 0 fully saturated rings. The number of para-hydroxylation sites is 3. The van der Waals surface area contributed by atoms with Crippen LogP contribution in [0.15, 0.2) is 184 Å². The standard InChI is InChI=1S/C59H54N4/c1-59(2)49-28-10-14-32-54(49)63(58-35-47(44-24-8-12-30-52(44)61-58)42-27-16-20-38-18-4-6-22-40(38)42)56-36-55-48(33-50(56)59)45-25-9-13-31-53(45)62(55)57-34-46(43-23-7-11-29-51(43)60-57)41-26-15-19-37-17-3-5-21-39(37)41/h4-5,8-15,18,20-21,24-26,28-34,36-37,43,46,58H,3,6-7,16-17,19,22-23,27,35H2,1-2H3. The van der Waals surface area contributed by atoms with Crippen LogP contribution in [0.1, 0.15) is 89.2 Å². The molecule has 0 spiro atoms. The molecule has 1 aromatic heterocycles. The Morgan fingerprint density at radius 2 is 1.46 bits per heavy atom. The summed E-state index contributed by atoms with van der Waals surface area (Å²) in [5, 5.41) is 4.96. The second kappa shape index (κ2) is 14.4. The third-order valence-electron chi connectivity index (χ3n) is 15.8. The van der Waals surface area contributed by atoms with Crippen LogP contribution < -0.4 is 15.5 Å². The number of anilines is 2. The molecule has 5 aromatic rings. The topological polar surface area (TPSA) is 32.9 Å². The highest BCUT2D eigenvalue weighted by Gasteiger charge is 2.41. The number of aliphatic imine (C=N–C) groups is 1. The van der Waals surface area contributed by atoms with Gasteiger partial charge in [-0.2, -0.15) is 0 Å². The molecule has 0 bridgehead atoms. The fraction of sp³-hybridized carbons (Fsp3) is 0.288. The van der Waals surface area contributed by atoms with Gasteiger partial charge < -0.3 is 4.90 Å². The summed E-state index contributed by atoms with van der Waals surface area (Å²) in [5.41, 5.74) is 17.7. The Bertz CT molecular complexity index is 3240. The van der Waals surface area contributed by atoms with Gasteiger partial charge in [-0.15, -0.1) is 0 Å². The van der Waals surface area contributed by atoms with Crippen LogP contribution in [-0.2, 0) is 5.41 Å². The largest absolute Gasteiger partial charge is 0.318 e. The summed E-state index contributed by atoms with van der Waals surface area (Å²) in [6.07, 6.45) is 35.1. The molecule has 0 amide bonds. The molecule has 8 aliphatic rings. The lowest BCUT2D eigenvalue weighted by Gasteiger charge is -2.45. The van der Waals surface area contributed by atoms with Crippen LogP contribution in [0.2, 0.25) is 0 Å². The van der Waals surface area contributed by atoms with Gasteiger partial charge in [0.15, 0.2) is 0 Å². The summed E-state index contributed by atoms with van der Waals surface area (Å²) in [4.78, 5) is 14.0. The molecule has 63 heavy (non-hydrogen) atoms. The van der Waals surface area contributed by atoms with E-state index < -0.39 is 0 Å². The molecule has 0 radical (unpaired) electrons. The van der Waals surface area contributed by atoms with Gasteiger partial charge in [-0.3, -0.25) is 9.56 Å². The summed E-state index contributed by atoms with van der Waals surface area (Å²) in [5.74, 6) is 2.31. The first-order valence-corrected chi connectivity index (χ1v) is 23.8. The van der Waals surface area contributed by atoms with Crippen molar-refractivity contribution < 1.29 is 0 Å². The van der Waals surface area contributed by atoms with E-state index >= 15 is 0 Å². The maximum Gasteiger partial charge on any atom is 0.134 e. The van der Waals surface area contributed by atoms with E-state index in [1.807, 2.05) is 0 Å². The Balaban J connectivity index is 1.04. The SMILES string of the molecule is CC1(C)c2ccccc2N(C2CC(C3=C4CCC=CC4=CCC3)=c3ccccc3=N2)c2cc3c(cc21)c1ccccc1n3C1=CC(C2=C3C=CCCC3CC=C2)C2CCC=CC2=N1. The molecule has 4 aromatic carbocycles. The van der Waals surface area contributed by atoms with Crippen LogP contribution in [0, 0.1) is 17.8 Å². The zero-order valence-corrected chi connectivity index (χ0v) is 36.5. The van der Waals surface area contributed by atoms with E-state index in [1.165, 1.54) is 84.8 Å². The lowest BCUT2D eigenvalue weighted by Crippen LogP contribution is -2.44. The number of rotatable bonds is 4. The zero-order valence-electron chi connectivity index (χ0n) is 36.5. The Morgan fingerprint density at radius 3 is 2.43 bits per heavy atom. The van der Waals surface area contributed by atoms with Crippen LogP contribution in [0.25, 0.3) is 33.2 Å². The maximum absolute atomic E-state index is 5.73. The van der Waals surface area contributed by atoms with E-state index in [9.17, 15) is 0 Å². The summed E-state index contributed by atoms with van der Waals surface area (Å²) in [7, 11) is 0. The predicted molar refractivity (Wildman–Crippen MR) is 262 cm³/mol. The average molecular weight is 819 g/mol. The van der Waals surface area contributed by atoms with Crippen molar-refractivity contribution in [1.82, 2.24) is 4.57 Å². The second-order valence-electron chi connectivity index (χ2n) is 19.6. The Morgan fingerprint density at radius 1 is 0.651 bits per heavy atom. The normalized spacial score (nSPS) is 25.4. The van der Waals surface area contributed by atoms with Crippen LogP contribution in [-0.4, -0.2) is 16.4 Å². The van der Waals surface area contributed by atoms with Crippen LogP contribution in [0.5, 0.6) is 0 Å². The van der Waals surface area contributed by atoms with Gasteiger partial charge >= 0.3 is 0 Å². The molecule has 310 valence electrons. The summed E-state index contributed by atoms with van der Waals surface area (Å²) < 4.78 is 2.51. The predicted octanol–water partition coefficient (Wildman–Crippen LogP) is 13.2. The van der Waals surface area contributed by atoms with E-state index in [4.69, 9.17) is 9.98 Å². The van der Waals surface area contributed by atoms with E-state index in [-0.39, 0.29) is 17.5 Å². The van der Waals surface area contributed by atoms with Crippen LogP contribution >= 0.6 is 0 Å². The van der Waals surface area contributed by atoms with E-state index in [0.29, 0.717) is 11.8 Å². The number of hydrogen-bond acceptors (Lipinski definition) is 3. The van der Waals surface area contributed by atoms with Gasteiger partial charge in [0.05, 0.1) is 16.4 Å². The fourth-order valence-corrected chi connectivity index (χ4v) is 12.8. The second-order valence-corrected chi connectivity index (χ2v) is 19.6. The van der Waals surface area contributed by atoms with E-state index in [1.54, 1.807) is 16.7 Å². The maximum atomic E-state index is 5.73. The lowest BCUT2D eigenvalue weighted by molar-refractivity contribution is 0.497. The van der Waals surface area contributed by atoms with Crippen LogP contribution in [0.3, 0.4) is 0 Å². The number of aromatic nitrogens is 1. The average Bonchev–Trinajstić information content (AvgIpc) is 3.66. The zero-order chi connectivity index (χ0) is 41.8. The van der Waals surface area contributed by atoms with Crippen molar-refractivity contribution in [2.45, 2.75) is 89.6 Å². The summed E-state index contributed by atoms with van der Waals surface area (Å²) in [6, 6.07) is 32.2. The minimum atomic E-state index is -0.234. The monoisotopic (exact) mass is 818 g/mol. The number of benzene rings is 4. The first-order valence-electron chi connectivity index (χ1n) is 23.8. The molecule has 4 heteroatoms. The molecule has 4 heterocycles. The molecule has 13 rings (SSSR count). The van der Waals surface area contributed by atoms with Gasteiger partial charge in [-0.05, 0) is 151 Å². The number of nitrogens with zero attached hydrogens (tertiary/aromatic N) is 4. The molecular weight excluding hydrogens is 765 g/mol. The van der Waals surface area contributed by atoms with Crippen molar-refractivity contribution in [3.05, 3.63) is 195 Å². The molecule has 0 N–H and O–H groups in total. The Hall–Kier alpha value is -6.26. The summed E-state index contributed by atoms with van der Waals surface area (Å²) in [6.45, 7) is 4.85. The van der Waals surface area contributed by atoms with Crippen molar-refractivity contribution in [3.8, 4) is 0 Å². The summed E-state index contributed by atoms with van der Waals surface area (Å²) >= 11 is 0. The minimum absolute atomic E-state index is 0.113. The molecule has 4 nitrogen and oxygen atoms in total. The first kappa shape index (κ1) is 37.3. The fourth-order valence-electron chi connectivity index (χ4n) is 12.8. The van der Waals surface area contributed by atoms with Gasteiger partial charge in [0.1, 0.15) is 12.0 Å². The molecule has 4 atom stereocenters. The molecular formula is C59H54N4. The van der Waals surface area contributed by atoms with Crippen molar-refractivity contribution >= 4 is 50.3 Å². The Labute approximate surface area is 370 Å². The quantitative estimate of drug-likeness (QED) is 0.178. The highest BCUT2D eigenvalue weighted by molar-refractivity contribution is 6.13. The van der Waals surface area contributed by atoms with Crippen molar-refractivity contribution in [1.29, 1.82) is 0 Å². The number of fused-ring (bicyclic) bond motifs is 9. The number of hydrogen-bond donors (Lipinski definition) is 0. The third kappa shape index (κ3) is 5.72. The van der Waals surface area contributed by atoms with Crippen molar-refractivity contribution in [2.24, 2.45) is 27.7 Å². The minimum Gasteiger partial charge on any atom is -0.318 e. The van der Waals surface area contributed by atoms with Crippen LogP contribution in [0.4, 0.5) is 11.4 Å². The highest BCUT2D eigenvalue weighted by Crippen LogP contribution is 2.54. The third-order valence-corrected chi connectivity index (χ3v) is 15.8. The van der Waals surface area contributed by atoms with E-state index in [2.05, 4.69) is 169 Å². The van der Waals surface area contributed by atoms with Crippen molar-refractivity contribution in [2.75, 3.05) is 4.90 Å². The first-order chi connectivity index (χ1) is 31.0. The van der Waals surface area contributed by atoms with Gasteiger partial charge in [0, 0.05) is 56.7 Å². The molecule has 0 saturated carbocycles. The van der Waals surface area contributed by atoms with Gasteiger partial charge in [-0.25, -0.2) is 4.99 Å². The Kier molecular flexibility index (Phi) is 8.52. The van der Waals surface area contributed by atoms with Crippen molar-refractivity contribution in [3.63, 3.8) is 0 Å². The highest BCUT2D eigenvalue weighted by atomic mass is 15.3. The van der Waals surface area contributed by atoms with Gasteiger partial charge in [0.25, 0.3) is 0 Å². The smallest absolute Gasteiger partial charge is 0.134 e.